The highest BCUT2D eigenvalue weighted by molar-refractivity contribution is 6.32. The smallest absolute Gasteiger partial charge is 0.261 e. The van der Waals surface area contributed by atoms with E-state index >= 15 is 0 Å². The molecule has 29 heavy (non-hydrogen) atoms. The van der Waals surface area contributed by atoms with Gasteiger partial charge in [0.2, 0.25) is 0 Å². The molecule has 0 fully saturated rings. The summed E-state index contributed by atoms with van der Waals surface area (Å²) in [5.41, 5.74) is 1.82. The summed E-state index contributed by atoms with van der Waals surface area (Å²) < 4.78 is 0. The standard InChI is InChI=1S/C24H27NO4/c1-16-17(2)22(27)25(21(16)26)20-14-10-13-19(15-20)24(5,6)29-28-23(3,4)18-11-8-7-9-12-18/h7-15H,1-6H3. The van der Waals surface area contributed by atoms with Gasteiger partial charge in [0.05, 0.1) is 5.69 Å². The molecule has 0 spiro atoms. The van der Waals surface area contributed by atoms with Crippen LogP contribution in [0.4, 0.5) is 5.69 Å². The molecule has 3 rings (SSSR count). The van der Waals surface area contributed by atoms with Crippen molar-refractivity contribution in [2.75, 3.05) is 4.90 Å². The number of benzene rings is 2. The lowest BCUT2D eigenvalue weighted by molar-refractivity contribution is -0.410. The van der Waals surface area contributed by atoms with Crippen molar-refractivity contribution in [3.63, 3.8) is 0 Å². The Morgan fingerprint density at radius 2 is 1.17 bits per heavy atom. The van der Waals surface area contributed by atoms with E-state index in [0.29, 0.717) is 16.8 Å². The Kier molecular flexibility index (Phi) is 5.48. The average Bonchev–Trinajstić information content (AvgIpc) is 2.90. The lowest BCUT2D eigenvalue weighted by Gasteiger charge is -2.31. The number of carbonyl (C=O) groups is 2. The van der Waals surface area contributed by atoms with Crippen LogP contribution in [0.1, 0.15) is 52.7 Å². The van der Waals surface area contributed by atoms with E-state index in [4.69, 9.17) is 9.78 Å². The van der Waals surface area contributed by atoms with Crippen LogP contribution in [0.2, 0.25) is 0 Å². The largest absolute Gasteiger partial charge is 0.269 e. The van der Waals surface area contributed by atoms with Crippen molar-refractivity contribution in [2.24, 2.45) is 0 Å². The molecule has 5 heteroatoms. The molecule has 2 aromatic rings. The minimum atomic E-state index is -0.800. The molecular formula is C24H27NO4. The Morgan fingerprint density at radius 3 is 1.72 bits per heavy atom. The van der Waals surface area contributed by atoms with Crippen molar-refractivity contribution in [2.45, 2.75) is 52.7 Å². The van der Waals surface area contributed by atoms with Gasteiger partial charge in [0.1, 0.15) is 11.2 Å². The predicted octanol–water partition coefficient (Wildman–Crippen LogP) is 5.01. The summed E-state index contributed by atoms with van der Waals surface area (Å²) in [5, 5.41) is 0. The predicted molar refractivity (Wildman–Crippen MR) is 112 cm³/mol. The number of imide groups is 1. The first kappa shape index (κ1) is 21.0. The van der Waals surface area contributed by atoms with E-state index in [1.54, 1.807) is 26.0 Å². The zero-order valence-corrected chi connectivity index (χ0v) is 17.8. The zero-order chi connectivity index (χ0) is 21.4. The maximum atomic E-state index is 12.5. The Morgan fingerprint density at radius 1 is 0.690 bits per heavy atom. The van der Waals surface area contributed by atoms with Gasteiger partial charge in [-0.05, 0) is 64.8 Å². The molecule has 152 valence electrons. The molecule has 0 aliphatic carbocycles. The normalized spacial score (nSPS) is 15.4. The topological polar surface area (TPSA) is 55.8 Å². The van der Waals surface area contributed by atoms with Crippen molar-refractivity contribution in [3.8, 4) is 0 Å². The van der Waals surface area contributed by atoms with Crippen LogP contribution in [-0.2, 0) is 30.6 Å². The first-order valence-electron chi connectivity index (χ1n) is 9.64. The Balaban J connectivity index is 1.81. The molecule has 0 atom stereocenters. The monoisotopic (exact) mass is 393 g/mol. The van der Waals surface area contributed by atoms with E-state index in [2.05, 4.69) is 0 Å². The van der Waals surface area contributed by atoms with Gasteiger partial charge in [-0.3, -0.25) is 9.59 Å². The molecule has 1 aliphatic heterocycles. The summed E-state index contributed by atoms with van der Waals surface area (Å²) in [6.07, 6.45) is 0. The molecule has 2 amide bonds. The molecule has 0 aromatic heterocycles. The number of carbonyl (C=O) groups excluding carboxylic acids is 2. The number of anilines is 1. The molecule has 0 radical (unpaired) electrons. The third-order valence-electron chi connectivity index (χ3n) is 5.34. The first-order chi connectivity index (χ1) is 13.5. The SMILES string of the molecule is CC1=C(C)C(=O)N(c2cccc(C(C)(C)OOC(C)(C)c3ccccc3)c2)C1=O. The molecule has 0 bridgehead atoms. The van der Waals surface area contributed by atoms with Crippen LogP contribution in [-0.4, -0.2) is 11.8 Å². The van der Waals surface area contributed by atoms with Crippen molar-refractivity contribution >= 4 is 17.5 Å². The van der Waals surface area contributed by atoms with E-state index in [1.165, 1.54) is 4.90 Å². The van der Waals surface area contributed by atoms with Crippen LogP contribution in [0.3, 0.4) is 0 Å². The summed E-state index contributed by atoms with van der Waals surface area (Å²) in [5.74, 6) is -0.574. The molecule has 5 nitrogen and oxygen atoms in total. The molecule has 0 saturated heterocycles. The Labute approximate surface area is 171 Å². The van der Waals surface area contributed by atoms with Crippen LogP contribution < -0.4 is 4.90 Å². The van der Waals surface area contributed by atoms with Gasteiger partial charge >= 0.3 is 0 Å². The summed E-state index contributed by atoms with van der Waals surface area (Å²) in [6.45, 7) is 11.0. The highest BCUT2D eigenvalue weighted by atomic mass is 17.2. The quantitative estimate of drug-likeness (QED) is 0.393. The van der Waals surface area contributed by atoms with Gasteiger partial charge in [0.25, 0.3) is 11.8 Å². The lowest BCUT2D eigenvalue weighted by atomic mass is 9.97. The summed E-state index contributed by atoms with van der Waals surface area (Å²) >= 11 is 0. The van der Waals surface area contributed by atoms with Gasteiger partial charge in [0.15, 0.2) is 0 Å². The van der Waals surface area contributed by atoms with Crippen molar-refractivity contribution in [1.29, 1.82) is 0 Å². The van der Waals surface area contributed by atoms with Crippen LogP contribution >= 0.6 is 0 Å². The van der Waals surface area contributed by atoms with Crippen LogP contribution in [0, 0.1) is 0 Å². The molecular weight excluding hydrogens is 366 g/mol. The lowest BCUT2D eigenvalue weighted by Crippen LogP contribution is -2.32. The van der Waals surface area contributed by atoms with E-state index in [0.717, 1.165) is 11.1 Å². The van der Waals surface area contributed by atoms with E-state index in [1.807, 2.05) is 70.2 Å². The summed E-state index contributed by atoms with van der Waals surface area (Å²) in [7, 11) is 0. The van der Waals surface area contributed by atoms with Crippen LogP contribution in [0.15, 0.2) is 65.7 Å². The second kappa shape index (κ2) is 7.58. The fourth-order valence-electron chi connectivity index (χ4n) is 3.15. The van der Waals surface area contributed by atoms with Crippen molar-refractivity contribution in [1.82, 2.24) is 0 Å². The minimum Gasteiger partial charge on any atom is -0.269 e. The van der Waals surface area contributed by atoms with Crippen molar-refractivity contribution < 1.29 is 19.4 Å². The van der Waals surface area contributed by atoms with Gasteiger partial charge in [0, 0.05) is 11.1 Å². The first-order valence-corrected chi connectivity index (χ1v) is 9.64. The zero-order valence-electron chi connectivity index (χ0n) is 17.8. The number of amides is 2. The second-order valence-corrected chi connectivity index (χ2v) is 8.30. The molecule has 1 aliphatic rings. The van der Waals surface area contributed by atoms with E-state index in [-0.39, 0.29) is 11.8 Å². The fourth-order valence-corrected chi connectivity index (χ4v) is 3.15. The van der Waals surface area contributed by atoms with E-state index < -0.39 is 11.2 Å². The second-order valence-electron chi connectivity index (χ2n) is 8.30. The number of hydrogen-bond acceptors (Lipinski definition) is 4. The minimum absolute atomic E-state index is 0.287. The molecule has 2 aromatic carbocycles. The molecule has 0 N–H and O–H groups in total. The number of nitrogens with zero attached hydrogens (tertiary/aromatic N) is 1. The van der Waals surface area contributed by atoms with Crippen molar-refractivity contribution in [3.05, 3.63) is 76.9 Å². The number of hydrogen-bond donors (Lipinski definition) is 0. The molecule has 1 heterocycles. The maximum Gasteiger partial charge on any atom is 0.261 e. The average molecular weight is 393 g/mol. The van der Waals surface area contributed by atoms with Crippen LogP contribution in [0.5, 0.6) is 0 Å². The maximum absolute atomic E-state index is 12.5. The summed E-state index contributed by atoms with van der Waals surface area (Å²) in [4.78, 5) is 37.9. The third-order valence-corrected chi connectivity index (χ3v) is 5.34. The number of rotatable bonds is 6. The van der Waals surface area contributed by atoms with Crippen LogP contribution in [0.25, 0.3) is 0 Å². The highest BCUT2D eigenvalue weighted by Crippen LogP contribution is 2.34. The van der Waals surface area contributed by atoms with Gasteiger partial charge < -0.3 is 0 Å². The van der Waals surface area contributed by atoms with E-state index in [9.17, 15) is 9.59 Å². The van der Waals surface area contributed by atoms with Gasteiger partial charge in [-0.1, -0.05) is 42.5 Å². The molecule has 0 saturated carbocycles. The third kappa shape index (κ3) is 4.02. The highest BCUT2D eigenvalue weighted by Gasteiger charge is 2.36. The van der Waals surface area contributed by atoms with Gasteiger partial charge in [-0.25, -0.2) is 14.7 Å². The Bertz CT molecular complexity index is 949. The summed E-state index contributed by atoms with van der Waals surface area (Å²) in [6, 6.07) is 17.1. The van der Waals surface area contributed by atoms with Gasteiger partial charge in [-0.2, -0.15) is 0 Å². The Hall–Kier alpha value is -2.76. The van der Waals surface area contributed by atoms with Gasteiger partial charge in [-0.15, -0.1) is 0 Å². The fraction of sp³-hybridized carbons (Fsp3) is 0.333. The molecule has 0 unspecified atom stereocenters.